The largest absolute Gasteiger partial charge is 0.507 e. The van der Waals surface area contributed by atoms with Crippen molar-refractivity contribution in [1.82, 2.24) is 4.57 Å². The molecule has 1 aromatic heterocycles. The third-order valence-corrected chi connectivity index (χ3v) is 4.60. The number of hydrogen-bond acceptors (Lipinski definition) is 5. The molecule has 0 aliphatic heterocycles. The van der Waals surface area contributed by atoms with E-state index >= 15 is 0 Å². The summed E-state index contributed by atoms with van der Waals surface area (Å²) in [7, 11) is 1.48. The molecule has 0 amide bonds. The lowest BCUT2D eigenvalue weighted by Crippen LogP contribution is -2.15. The third kappa shape index (κ3) is 4.46. The van der Waals surface area contributed by atoms with Crippen molar-refractivity contribution in [3.63, 3.8) is 0 Å². The van der Waals surface area contributed by atoms with Crippen molar-refractivity contribution in [2.45, 2.75) is 13.5 Å². The molecule has 0 fully saturated rings. The molecule has 0 bridgehead atoms. The number of aromatic nitrogens is 1. The molecule has 0 aliphatic carbocycles. The zero-order valence-electron chi connectivity index (χ0n) is 16.3. The first-order valence-corrected chi connectivity index (χ1v) is 9.44. The Labute approximate surface area is 177 Å². The molecule has 3 aromatic rings. The van der Waals surface area contributed by atoms with Gasteiger partial charge in [0.05, 0.1) is 24.6 Å². The number of fused-ring (bicyclic) bond motifs is 1. The molecule has 1 heterocycles. The zero-order valence-corrected chi connectivity index (χ0v) is 17.1. The fraction of sp³-hybridized carbons (Fsp3) is 0.182. The second-order valence-corrected chi connectivity index (χ2v) is 6.85. The van der Waals surface area contributed by atoms with Gasteiger partial charge >= 0.3 is 5.97 Å². The van der Waals surface area contributed by atoms with Crippen molar-refractivity contribution in [3.8, 4) is 5.75 Å². The standard InChI is InChI=1S/C22H19ClFNO5/c1-3-30-22(28)19(27)10-18(26)16-12-25(11-13-7-14(23)9-15(24)8-13)17-5-4-6-20(29-2)21(16)17/h4-10,12,26H,3,11H2,1-2H3. The maximum Gasteiger partial charge on any atom is 0.379 e. The molecule has 2 aromatic carbocycles. The van der Waals surface area contributed by atoms with Crippen molar-refractivity contribution in [1.29, 1.82) is 0 Å². The Morgan fingerprint density at radius 2 is 2.03 bits per heavy atom. The van der Waals surface area contributed by atoms with Crippen molar-refractivity contribution in [2.75, 3.05) is 13.7 Å². The molecule has 0 saturated heterocycles. The van der Waals surface area contributed by atoms with Gasteiger partial charge in [0, 0.05) is 29.4 Å². The minimum Gasteiger partial charge on any atom is -0.507 e. The summed E-state index contributed by atoms with van der Waals surface area (Å²) in [6.07, 6.45) is 2.40. The van der Waals surface area contributed by atoms with Crippen LogP contribution >= 0.6 is 11.6 Å². The highest BCUT2D eigenvalue weighted by Gasteiger charge is 2.19. The van der Waals surface area contributed by atoms with E-state index in [9.17, 15) is 19.1 Å². The van der Waals surface area contributed by atoms with Gasteiger partial charge in [0.25, 0.3) is 5.78 Å². The predicted molar refractivity (Wildman–Crippen MR) is 111 cm³/mol. The van der Waals surface area contributed by atoms with Crippen molar-refractivity contribution in [3.05, 3.63) is 70.6 Å². The van der Waals surface area contributed by atoms with Gasteiger partial charge in [-0.1, -0.05) is 17.7 Å². The van der Waals surface area contributed by atoms with Crippen LogP contribution < -0.4 is 4.74 Å². The fourth-order valence-corrected chi connectivity index (χ4v) is 3.42. The Kier molecular flexibility index (Phi) is 6.42. The number of methoxy groups -OCH3 is 1. The number of aliphatic hydroxyl groups is 1. The maximum absolute atomic E-state index is 13.7. The van der Waals surface area contributed by atoms with Crippen molar-refractivity contribution in [2.24, 2.45) is 0 Å². The van der Waals surface area contributed by atoms with Crippen LogP contribution in [-0.2, 0) is 20.9 Å². The number of halogens is 2. The number of rotatable bonds is 7. The van der Waals surface area contributed by atoms with Crippen LogP contribution in [0.5, 0.6) is 5.75 Å². The van der Waals surface area contributed by atoms with E-state index in [1.54, 1.807) is 42.0 Å². The molecule has 0 saturated carbocycles. The minimum absolute atomic E-state index is 0.0441. The topological polar surface area (TPSA) is 77.8 Å². The molecule has 3 rings (SSSR count). The summed E-state index contributed by atoms with van der Waals surface area (Å²) in [4.78, 5) is 23.6. The molecule has 0 radical (unpaired) electrons. The van der Waals surface area contributed by atoms with E-state index in [1.165, 1.54) is 19.2 Å². The summed E-state index contributed by atoms with van der Waals surface area (Å²) in [6, 6.07) is 9.47. The van der Waals surface area contributed by atoms with Gasteiger partial charge in [-0.3, -0.25) is 4.79 Å². The lowest BCUT2D eigenvalue weighted by atomic mass is 10.1. The van der Waals surface area contributed by atoms with Gasteiger partial charge in [0.15, 0.2) is 0 Å². The summed E-state index contributed by atoms with van der Waals surface area (Å²) in [5.74, 6) is -2.47. The Hall–Kier alpha value is -3.32. The average Bonchev–Trinajstić information content (AvgIpc) is 3.06. The minimum atomic E-state index is -1.06. The number of hydrogen-bond donors (Lipinski definition) is 1. The summed E-state index contributed by atoms with van der Waals surface area (Å²) < 4.78 is 25.6. The van der Waals surface area contributed by atoms with Gasteiger partial charge in [-0.2, -0.15) is 0 Å². The number of esters is 1. The summed E-state index contributed by atoms with van der Waals surface area (Å²) in [5, 5.41) is 11.4. The van der Waals surface area contributed by atoms with Gasteiger partial charge in [0.1, 0.15) is 17.3 Å². The molecule has 0 unspecified atom stereocenters. The summed E-state index contributed by atoms with van der Waals surface area (Å²) in [5.41, 5.74) is 1.56. The molecule has 30 heavy (non-hydrogen) atoms. The van der Waals surface area contributed by atoms with E-state index in [0.717, 1.165) is 6.08 Å². The fourth-order valence-electron chi connectivity index (χ4n) is 3.18. The summed E-state index contributed by atoms with van der Waals surface area (Å²) >= 11 is 5.95. The van der Waals surface area contributed by atoms with Crippen LogP contribution in [0.2, 0.25) is 5.02 Å². The smallest absolute Gasteiger partial charge is 0.379 e. The zero-order chi connectivity index (χ0) is 21.8. The molecule has 1 N–H and O–H groups in total. The number of ketones is 1. The van der Waals surface area contributed by atoms with Crippen LogP contribution in [0.4, 0.5) is 4.39 Å². The molecule has 0 atom stereocenters. The number of nitrogens with zero attached hydrogens (tertiary/aromatic N) is 1. The van der Waals surface area contributed by atoms with E-state index in [0.29, 0.717) is 22.2 Å². The Bertz CT molecular complexity index is 1130. The lowest BCUT2D eigenvalue weighted by molar-refractivity contribution is -0.151. The van der Waals surface area contributed by atoms with Gasteiger partial charge in [-0.05, 0) is 42.8 Å². The number of aliphatic hydroxyl groups excluding tert-OH is 1. The quantitative estimate of drug-likeness (QED) is 0.257. The monoisotopic (exact) mass is 431 g/mol. The van der Waals surface area contributed by atoms with Crippen LogP contribution in [0.15, 0.2) is 48.7 Å². The highest BCUT2D eigenvalue weighted by atomic mass is 35.5. The molecule has 6 nitrogen and oxygen atoms in total. The molecule has 156 valence electrons. The van der Waals surface area contributed by atoms with E-state index in [2.05, 4.69) is 4.74 Å². The number of ether oxygens (including phenoxy) is 2. The summed E-state index contributed by atoms with van der Waals surface area (Å²) in [6.45, 7) is 1.87. The van der Waals surface area contributed by atoms with Gasteiger partial charge < -0.3 is 19.1 Å². The average molecular weight is 432 g/mol. The second-order valence-electron chi connectivity index (χ2n) is 6.42. The predicted octanol–water partition coefficient (Wildman–Crippen LogP) is 4.52. The number of carbonyl (C=O) groups excluding carboxylic acids is 2. The van der Waals surface area contributed by atoms with Crippen molar-refractivity contribution < 1.29 is 28.6 Å². The highest BCUT2D eigenvalue weighted by molar-refractivity contribution is 6.39. The number of carbonyl (C=O) groups is 2. The van der Waals surface area contributed by atoms with Gasteiger partial charge in [-0.15, -0.1) is 0 Å². The normalized spacial score (nSPS) is 11.5. The Morgan fingerprint density at radius 1 is 1.27 bits per heavy atom. The van der Waals surface area contributed by atoms with Crippen LogP contribution in [0.3, 0.4) is 0 Å². The Balaban J connectivity index is 2.10. The van der Waals surface area contributed by atoms with Crippen LogP contribution in [-0.4, -0.2) is 35.1 Å². The van der Waals surface area contributed by atoms with Gasteiger partial charge in [-0.25, -0.2) is 9.18 Å². The van der Waals surface area contributed by atoms with Crippen LogP contribution in [0.25, 0.3) is 16.7 Å². The second kappa shape index (κ2) is 9.00. The molecular formula is C22H19ClFNO5. The van der Waals surface area contributed by atoms with E-state index in [-0.39, 0.29) is 23.7 Å². The third-order valence-electron chi connectivity index (χ3n) is 4.38. The Morgan fingerprint density at radius 3 is 2.70 bits per heavy atom. The van der Waals surface area contributed by atoms with E-state index in [4.69, 9.17) is 16.3 Å². The van der Waals surface area contributed by atoms with Crippen LogP contribution in [0, 0.1) is 5.82 Å². The highest BCUT2D eigenvalue weighted by Crippen LogP contribution is 2.34. The molecule has 0 aliphatic rings. The maximum atomic E-state index is 13.7. The van der Waals surface area contributed by atoms with E-state index in [1.807, 2.05) is 0 Å². The first kappa shape index (κ1) is 21.4. The molecule has 8 heteroatoms. The van der Waals surface area contributed by atoms with Crippen molar-refractivity contribution >= 4 is 40.0 Å². The number of benzene rings is 2. The van der Waals surface area contributed by atoms with E-state index < -0.39 is 23.3 Å². The van der Waals surface area contributed by atoms with Gasteiger partial charge in [0.2, 0.25) is 0 Å². The molecule has 0 spiro atoms. The van der Waals surface area contributed by atoms with Crippen LogP contribution in [0.1, 0.15) is 18.1 Å². The first-order valence-electron chi connectivity index (χ1n) is 9.07. The SMILES string of the molecule is CCOC(=O)C(=O)C=C(O)c1cn(Cc2cc(F)cc(Cl)c2)c2cccc(OC)c12. The first-order chi connectivity index (χ1) is 14.3. The molecular weight excluding hydrogens is 413 g/mol. The lowest BCUT2D eigenvalue weighted by Gasteiger charge is -2.08.